The summed E-state index contributed by atoms with van der Waals surface area (Å²) >= 11 is 5.78. The van der Waals surface area contributed by atoms with Crippen LogP contribution in [0.4, 0.5) is 23.4 Å². The van der Waals surface area contributed by atoms with Crippen molar-refractivity contribution in [2.45, 2.75) is 51.0 Å². The average molecular weight is 534 g/mol. The van der Waals surface area contributed by atoms with Crippen molar-refractivity contribution in [2.24, 2.45) is 5.92 Å². The molecular formula is C22H32ClN11O3. The van der Waals surface area contributed by atoms with E-state index in [2.05, 4.69) is 35.9 Å². The lowest BCUT2D eigenvalue weighted by Gasteiger charge is -2.28. The Bertz CT molecular complexity index is 1110. The molecule has 0 saturated heterocycles. The van der Waals surface area contributed by atoms with Crippen LogP contribution in [0.1, 0.15) is 55.4 Å². The Morgan fingerprint density at radius 1 is 1.08 bits per heavy atom. The first kappa shape index (κ1) is 27.8. The van der Waals surface area contributed by atoms with Crippen LogP contribution >= 0.6 is 11.6 Å². The third kappa shape index (κ3) is 8.99. The Morgan fingerprint density at radius 2 is 1.84 bits per heavy atom. The number of guanidine groups is 1. The molecule has 0 bridgehead atoms. The maximum absolute atomic E-state index is 12.2. The van der Waals surface area contributed by atoms with Gasteiger partial charge in [0.2, 0.25) is 5.95 Å². The molecule has 3 rings (SSSR count). The Labute approximate surface area is 219 Å². The molecule has 2 heterocycles. The first-order valence-corrected chi connectivity index (χ1v) is 12.3. The van der Waals surface area contributed by atoms with E-state index in [1.807, 2.05) is 0 Å². The highest BCUT2D eigenvalue weighted by Crippen LogP contribution is 2.29. The van der Waals surface area contributed by atoms with Gasteiger partial charge in [-0.2, -0.15) is 4.98 Å². The number of rotatable bonds is 10. The van der Waals surface area contributed by atoms with Crippen molar-refractivity contribution < 1.29 is 14.3 Å². The highest BCUT2D eigenvalue weighted by Gasteiger charge is 2.22. The van der Waals surface area contributed by atoms with Crippen LogP contribution in [0.5, 0.6) is 0 Å². The van der Waals surface area contributed by atoms with Crippen molar-refractivity contribution in [3.63, 3.8) is 0 Å². The molecule has 2 aromatic heterocycles. The fraction of sp³-hybridized carbons (Fsp3) is 0.500. The topological polar surface area (TPSA) is 233 Å². The van der Waals surface area contributed by atoms with E-state index >= 15 is 0 Å². The number of nitrogens with one attached hydrogen (secondary N) is 4. The SMILES string of the molecule is N=C(NCCCCC1CCC(OCC(=O)Nc2nccc(N)n2)CC1)NC(=O)c1nc(Cl)c(N)nc1N. The summed E-state index contributed by atoms with van der Waals surface area (Å²) in [6, 6.07) is 1.54. The molecule has 2 aromatic rings. The van der Waals surface area contributed by atoms with Gasteiger partial charge in [0.15, 0.2) is 28.4 Å². The minimum absolute atomic E-state index is 0.0494. The van der Waals surface area contributed by atoms with Crippen LogP contribution in [0, 0.1) is 11.3 Å². The number of carbonyl (C=O) groups excluding carboxylic acids is 2. The summed E-state index contributed by atoms with van der Waals surface area (Å²) in [6.45, 7) is 0.485. The van der Waals surface area contributed by atoms with Crippen molar-refractivity contribution in [3.05, 3.63) is 23.1 Å². The molecule has 2 amide bonds. The summed E-state index contributed by atoms with van der Waals surface area (Å²) in [5.74, 6) is -0.356. The molecule has 1 saturated carbocycles. The molecule has 10 N–H and O–H groups in total. The van der Waals surface area contributed by atoms with E-state index < -0.39 is 5.91 Å². The lowest BCUT2D eigenvalue weighted by atomic mass is 9.84. The lowest BCUT2D eigenvalue weighted by Crippen LogP contribution is -2.41. The van der Waals surface area contributed by atoms with E-state index in [1.165, 1.54) is 6.20 Å². The molecule has 1 aliphatic carbocycles. The molecule has 0 spiro atoms. The predicted octanol–water partition coefficient (Wildman–Crippen LogP) is 1.31. The Kier molecular flexibility index (Phi) is 10.1. The van der Waals surface area contributed by atoms with Crippen LogP contribution in [0.25, 0.3) is 0 Å². The van der Waals surface area contributed by atoms with Gasteiger partial charge in [-0.25, -0.2) is 15.0 Å². The van der Waals surface area contributed by atoms with Gasteiger partial charge in [0.25, 0.3) is 11.8 Å². The fourth-order valence-corrected chi connectivity index (χ4v) is 4.10. The number of nitrogen functional groups attached to an aromatic ring is 3. The quantitative estimate of drug-likeness (QED) is 0.130. The molecule has 0 aliphatic heterocycles. The van der Waals surface area contributed by atoms with Crippen molar-refractivity contribution in [1.29, 1.82) is 5.41 Å². The van der Waals surface area contributed by atoms with E-state index in [1.54, 1.807) is 6.07 Å². The van der Waals surface area contributed by atoms with Gasteiger partial charge in [-0.1, -0.05) is 24.4 Å². The number of hydrogen-bond acceptors (Lipinski definition) is 11. The van der Waals surface area contributed by atoms with E-state index in [4.69, 9.17) is 38.9 Å². The number of halogens is 1. The third-order valence-corrected chi connectivity index (χ3v) is 6.15. The fourth-order valence-electron chi connectivity index (χ4n) is 3.97. The highest BCUT2D eigenvalue weighted by atomic mass is 35.5. The summed E-state index contributed by atoms with van der Waals surface area (Å²) in [7, 11) is 0. The highest BCUT2D eigenvalue weighted by molar-refractivity contribution is 6.31. The summed E-state index contributed by atoms with van der Waals surface area (Å²) in [5.41, 5.74) is 16.5. The van der Waals surface area contributed by atoms with E-state index in [0.29, 0.717) is 12.5 Å². The zero-order valence-electron chi connectivity index (χ0n) is 20.3. The van der Waals surface area contributed by atoms with E-state index in [9.17, 15) is 9.59 Å². The summed E-state index contributed by atoms with van der Waals surface area (Å²) in [6.07, 6.45) is 8.32. The third-order valence-electron chi connectivity index (χ3n) is 5.87. The normalized spacial score (nSPS) is 17.1. The maximum atomic E-state index is 12.2. The van der Waals surface area contributed by atoms with Gasteiger partial charge >= 0.3 is 0 Å². The molecule has 15 heteroatoms. The minimum Gasteiger partial charge on any atom is -0.384 e. The van der Waals surface area contributed by atoms with Crippen LogP contribution in [-0.2, 0) is 9.53 Å². The monoisotopic (exact) mass is 533 g/mol. The lowest BCUT2D eigenvalue weighted by molar-refractivity contribution is -0.123. The van der Waals surface area contributed by atoms with Gasteiger partial charge in [0.05, 0.1) is 6.10 Å². The molecule has 14 nitrogen and oxygen atoms in total. The predicted molar refractivity (Wildman–Crippen MR) is 140 cm³/mol. The van der Waals surface area contributed by atoms with E-state index in [0.717, 1.165) is 44.9 Å². The number of nitrogens with zero attached hydrogens (tertiary/aromatic N) is 4. The Hall–Kier alpha value is -3.78. The largest absolute Gasteiger partial charge is 0.384 e. The van der Waals surface area contributed by atoms with Gasteiger partial charge in [-0.15, -0.1) is 0 Å². The summed E-state index contributed by atoms with van der Waals surface area (Å²) < 4.78 is 5.75. The second-order valence-electron chi connectivity index (χ2n) is 8.69. The number of carbonyl (C=O) groups is 2. The van der Waals surface area contributed by atoms with Crippen molar-refractivity contribution >= 4 is 52.8 Å². The standard InChI is InChI=1S/C22H32ClN11O3/c23-17-19(26)33-18(25)16(32-17)20(36)34-21(27)28-9-2-1-3-12-4-6-13(7-5-12)37-11-15(35)31-22-29-10-8-14(24)30-22/h8,10,12-13H,1-7,9,11H2,(H4,25,26,33)(H3,27,28,34,36)(H3,24,29,30,31,35). The Morgan fingerprint density at radius 3 is 2.57 bits per heavy atom. The number of anilines is 4. The smallest absolute Gasteiger partial charge is 0.280 e. The average Bonchev–Trinajstić information content (AvgIpc) is 2.85. The number of nitrogens with two attached hydrogens (primary N) is 3. The van der Waals surface area contributed by atoms with Gasteiger partial charge in [-0.3, -0.25) is 25.6 Å². The van der Waals surface area contributed by atoms with Crippen LogP contribution < -0.4 is 33.2 Å². The first-order valence-electron chi connectivity index (χ1n) is 11.9. The van der Waals surface area contributed by atoms with Crippen molar-refractivity contribution in [1.82, 2.24) is 30.6 Å². The second kappa shape index (κ2) is 13.5. The summed E-state index contributed by atoms with van der Waals surface area (Å²) in [5, 5.41) is 15.5. The van der Waals surface area contributed by atoms with Gasteiger partial charge in [0, 0.05) is 12.7 Å². The van der Waals surface area contributed by atoms with Crippen LogP contribution in [-0.4, -0.2) is 57.0 Å². The molecule has 0 unspecified atom stereocenters. The van der Waals surface area contributed by atoms with Crippen molar-refractivity contribution in [2.75, 3.05) is 35.7 Å². The zero-order valence-corrected chi connectivity index (χ0v) is 21.1. The zero-order chi connectivity index (χ0) is 26.8. The molecular weight excluding hydrogens is 502 g/mol. The molecule has 1 fully saturated rings. The van der Waals surface area contributed by atoms with E-state index in [-0.39, 0.29) is 58.8 Å². The Balaban J connectivity index is 1.24. The van der Waals surface area contributed by atoms with Crippen LogP contribution in [0.3, 0.4) is 0 Å². The second-order valence-corrected chi connectivity index (χ2v) is 9.05. The molecule has 0 aromatic carbocycles. The molecule has 200 valence electrons. The number of hydrogen-bond donors (Lipinski definition) is 7. The number of amides is 2. The van der Waals surface area contributed by atoms with Crippen LogP contribution in [0.15, 0.2) is 12.3 Å². The molecule has 1 aliphatic rings. The number of ether oxygens (including phenoxy) is 1. The van der Waals surface area contributed by atoms with Gasteiger partial charge in [0.1, 0.15) is 12.4 Å². The van der Waals surface area contributed by atoms with Crippen LogP contribution in [0.2, 0.25) is 5.15 Å². The first-order chi connectivity index (χ1) is 17.7. The number of aromatic nitrogens is 4. The number of unbranched alkanes of at least 4 members (excludes halogenated alkanes) is 1. The molecule has 0 radical (unpaired) electrons. The minimum atomic E-state index is -0.695. The molecule has 37 heavy (non-hydrogen) atoms. The van der Waals surface area contributed by atoms with Crippen molar-refractivity contribution in [3.8, 4) is 0 Å². The molecule has 0 atom stereocenters. The summed E-state index contributed by atoms with van der Waals surface area (Å²) in [4.78, 5) is 39.7. The van der Waals surface area contributed by atoms with Gasteiger partial charge in [-0.05, 0) is 44.1 Å². The van der Waals surface area contributed by atoms with Gasteiger partial charge < -0.3 is 27.3 Å². The maximum Gasteiger partial charge on any atom is 0.280 e.